The lowest BCUT2D eigenvalue weighted by molar-refractivity contribution is -0.126. The number of carbonyl (C=O) groups is 1. The van der Waals surface area contributed by atoms with E-state index in [4.69, 9.17) is 0 Å². The normalized spacial score (nSPS) is 29.6. The minimum atomic E-state index is -0.240. The molecule has 1 aliphatic carbocycles. The van der Waals surface area contributed by atoms with E-state index in [0.717, 1.165) is 61.8 Å². The van der Waals surface area contributed by atoms with E-state index in [2.05, 4.69) is 29.6 Å². The first-order valence-electron chi connectivity index (χ1n) is 7.67. The first-order valence-corrected chi connectivity index (χ1v) is 7.67. The Kier molecular flexibility index (Phi) is 3.22. The van der Waals surface area contributed by atoms with Crippen molar-refractivity contribution in [3.8, 4) is 0 Å². The maximum Gasteiger partial charge on any atom is 0.232 e. The number of anilines is 2. The highest BCUT2D eigenvalue weighted by Gasteiger charge is 2.43. The number of fused-ring (bicyclic) bond motifs is 1. The summed E-state index contributed by atoms with van der Waals surface area (Å²) in [5, 5.41) is 11.1. The summed E-state index contributed by atoms with van der Waals surface area (Å²) in [4.78, 5) is 12.7. The van der Waals surface area contributed by atoms with Gasteiger partial charge in [0.05, 0.1) is 11.1 Å². The van der Waals surface area contributed by atoms with Gasteiger partial charge in [0.25, 0.3) is 0 Å². The van der Waals surface area contributed by atoms with Crippen LogP contribution in [0.5, 0.6) is 0 Å². The van der Waals surface area contributed by atoms with Crippen molar-refractivity contribution in [3.05, 3.63) is 5.69 Å². The number of nitrogens with zero attached hydrogens (tertiary/aromatic N) is 2. The predicted molar refractivity (Wildman–Crippen MR) is 79.8 cm³/mol. The van der Waals surface area contributed by atoms with Crippen LogP contribution in [0.2, 0.25) is 0 Å². The van der Waals surface area contributed by atoms with Crippen molar-refractivity contribution < 1.29 is 4.79 Å². The third-order valence-electron chi connectivity index (χ3n) is 5.00. The Labute approximate surface area is 120 Å². The van der Waals surface area contributed by atoms with Crippen molar-refractivity contribution >= 4 is 17.4 Å². The van der Waals surface area contributed by atoms with Gasteiger partial charge < -0.3 is 10.6 Å². The molecule has 0 atom stereocenters. The molecule has 20 heavy (non-hydrogen) atoms. The molecule has 0 radical (unpaired) electrons. The standard InChI is InChI=1S/C15H24N4O/c1-4-11-12-13(19(3)18-11)16-9-15(14(20)17-12)7-5-10(2)6-8-15/h10,16H,4-9H2,1-3H3,(H,17,20). The van der Waals surface area contributed by atoms with Crippen LogP contribution in [0.3, 0.4) is 0 Å². The Balaban J connectivity index is 1.91. The summed E-state index contributed by atoms with van der Waals surface area (Å²) in [6.07, 6.45) is 5.08. The van der Waals surface area contributed by atoms with Gasteiger partial charge in [-0.25, -0.2) is 0 Å². The molecule has 0 bridgehead atoms. The quantitative estimate of drug-likeness (QED) is 0.828. The molecule has 1 aliphatic heterocycles. The summed E-state index contributed by atoms with van der Waals surface area (Å²) in [5.74, 6) is 1.87. The van der Waals surface area contributed by atoms with Crippen LogP contribution in [0.25, 0.3) is 0 Å². The summed E-state index contributed by atoms with van der Waals surface area (Å²) in [5.41, 5.74) is 1.61. The summed E-state index contributed by atoms with van der Waals surface area (Å²) >= 11 is 0. The molecule has 2 heterocycles. The molecule has 1 amide bonds. The molecule has 1 saturated carbocycles. The average molecular weight is 276 g/mol. The molecule has 1 aromatic rings. The number of aromatic nitrogens is 2. The van der Waals surface area contributed by atoms with Gasteiger partial charge in [-0.15, -0.1) is 0 Å². The topological polar surface area (TPSA) is 59.0 Å². The first kappa shape index (κ1) is 13.5. The molecule has 1 spiro atoms. The average Bonchev–Trinajstić information content (AvgIpc) is 2.66. The van der Waals surface area contributed by atoms with E-state index in [1.165, 1.54) is 0 Å². The second-order valence-corrected chi connectivity index (χ2v) is 6.42. The largest absolute Gasteiger partial charge is 0.367 e. The van der Waals surface area contributed by atoms with Gasteiger partial charge in [-0.05, 0) is 38.0 Å². The van der Waals surface area contributed by atoms with E-state index in [1.54, 1.807) is 0 Å². The van der Waals surface area contributed by atoms with Crippen LogP contribution in [-0.4, -0.2) is 22.2 Å². The van der Waals surface area contributed by atoms with Gasteiger partial charge in [-0.1, -0.05) is 13.8 Å². The van der Waals surface area contributed by atoms with Crippen LogP contribution in [-0.2, 0) is 18.3 Å². The van der Waals surface area contributed by atoms with Crippen molar-refractivity contribution in [1.82, 2.24) is 9.78 Å². The smallest absolute Gasteiger partial charge is 0.232 e. The van der Waals surface area contributed by atoms with E-state index in [-0.39, 0.29) is 11.3 Å². The van der Waals surface area contributed by atoms with Gasteiger partial charge in [-0.3, -0.25) is 9.48 Å². The van der Waals surface area contributed by atoms with Crippen molar-refractivity contribution in [2.24, 2.45) is 18.4 Å². The number of amides is 1. The molecule has 2 N–H and O–H groups in total. The lowest BCUT2D eigenvalue weighted by Gasteiger charge is -2.36. The number of carbonyl (C=O) groups excluding carboxylic acids is 1. The van der Waals surface area contributed by atoms with E-state index >= 15 is 0 Å². The molecule has 5 heteroatoms. The summed E-state index contributed by atoms with van der Waals surface area (Å²) in [6.45, 7) is 5.07. The number of nitrogens with one attached hydrogen (secondary N) is 2. The Morgan fingerprint density at radius 1 is 1.40 bits per heavy atom. The molecular formula is C15H24N4O. The Bertz CT molecular complexity index is 526. The molecule has 2 aliphatic rings. The predicted octanol–water partition coefficient (Wildman–Crippen LogP) is 2.54. The van der Waals surface area contributed by atoms with Gasteiger partial charge in [0, 0.05) is 13.6 Å². The zero-order valence-corrected chi connectivity index (χ0v) is 12.6. The number of aryl methyl sites for hydroxylation is 2. The van der Waals surface area contributed by atoms with Gasteiger partial charge in [0.2, 0.25) is 5.91 Å². The van der Waals surface area contributed by atoms with Crippen LogP contribution < -0.4 is 10.6 Å². The molecule has 3 rings (SSSR count). The highest BCUT2D eigenvalue weighted by Crippen LogP contribution is 2.43. The van der Waals surface area contributed by atoms with Crippen molar-refractivity contribution in [2.45, 2.75) is 46.0 Å². The zero-order valence-electron chi connectivity index (χ0n) is 12.6. The molecular weight excluding hydrogens is 252 g/mol. The van der Waals surface area contributed by atoms with Crippen LogP contribution >= 0.6 is 0 Å². The summed E-state index contributed by atoms with van der Waals surface area (Å²) in [6, 6.07) is 0. The lowest BCUT2D eigenvalue weighted by atomic mass is 9.70. The van der Waals surface area contributed by atoms with Crippen LogP contribution in [0.1, 0.15) is 45.2 Å². The minimum Gasteiger partial charge on any atom is -0.367 e. The molecule has 1 fully saturated rings. The summed E-state index contributed by atoms with van der Waals surface area (Å²) < 4.78 is 1.85. The van der Waals surface area contributed by atoms with Crippen molar-refractivity contribution in [1.29, 1.82) is 0 Å². The maximum atomic E-state index is 12.7. The summed E-state index contributed by atoms with van der Waals surface area (Å²) in [7, 11) is 1.93. The molecule has 0 unspecified atom stereocenters. The van der Waals surface area contributed by atoms with Crippen LogP contribution in [0.15, 0.2) is 0 Å². The number of rotatable bonds is 1. The highest BCUT2D eigenvalue weighted by molar-refractivity contribution is 6.00. The maximum absolute atomic E-state index is 12.7. The van der Waals surface area contributed by atoms with E-state index in [9.17, 15) is 4.79 Å². The van der Waals surface area contributed by atoms with Crippen molar-refractivity contribution in [3.63, 3.8) is 0 Å². The highest BCUT2D eigenvalue weighted by atomic mass is 16.2. The fraction of sp³-hybridized carbons (Fsp3) is 0.733. The monoisotopic (exact) mass is 276 g/mol. The van der Waals surface area contributed by atoms with Gasteiger partial charge in [0.1, 0.15) is 11.5 Å². The fourth-order valence-corrected chi connectivity index (χ4v) is 3.46. The Morgan fingerprint density at radius 2 is 2.10 bits per heavy atom. The van der Waals surface area contributed by atoms with Gasteiger partial charge in [-0.2, -0.15) is 5.10 Å². The molecule has 5 nitrogen and oxygen atoms in total. The van der Waals surface area contributed by atoms with E-state index in [1.807, 2.05) is 11.7 Å². The molecule has 0 aromatic carbocycles. The SMILES string of the molecule is CCc1nn(C)c2c1NC(=O)C1(CCC(C)CC1)CN2. The Hall–Kier alpha value is -1.52. The number of hydrogen-bond acceptors (Lipinski definition) is 3. The van der Waals surface area contributed by atoms with Gasteiger partial charge >= 0.3 is 0 Å². The second kappa shape index (κ2) is 4.79. The second-order valence-electron chi connectivity index (χ2n) is 6.42. The zero-order chi connectivity index (χ0) is 14.3. The fourth-order valence-electron chi connectivity index (χ4n) is 3.46. The molecule has 1 aromatic heterocycles. The van der Waals surface area contributed by atoms with Gasteiger partial charge in [0.15, 0.2) is 0 Å². The first-order chi connectivity index (χ1) is 9.55. The van der Waals surface area contributed by atoms with E-state index in [0.29, 0.717) is 0 Å². The third kappa shape index (κ3) is 2.00. The Morgan fingerprint density at radius 3 is 2.75 bits per heavy atom. The van der Waals surface area contributed by atoms with Crippen molar-refractivity contribution in [2.75, 3.05) is 17.2 Å². The van der Waals surface area contributed by atoms with Crippen LogP contribution in [0, 0.1) is 11.3 Å². The van der Waals surface area contributed by atoms with E-state index < -0.39 is 0 Å². The third-order valence-corrected chi connectivity index (χ3v) is 5.00. The molecule has 110 valence electrons. The number of hydrogen-bond donors (Lipinski definition) is 2. The molecule has 0 saturated heterocycles. The minimum absolute atomic E-state index is 0.179. The van der Waals surface area contributed by atoms with Crippen LogP contribution in [0.4, 0.5) is 11.5 Å². The lowest BCUT2D eigenvalue weighted by Crippen LogP contribution is -2.43.